The van der Waals surface area contributed by atoms with Crippen LogP contribution in [-0.4, -0.2) is 44.9 Å². The van der Waals surface area contributed by atoms with Crippen LogP contribution in [0.25, 0.3) is 10.9 Å². The van der Waals surface area contributed by atoms with Crippen molar-refractivity contribution in [2.24, 2.45) is 9.98 Å². The molecule has 3 aliphatic rings. The van der Waals surface area contributed by atoms with Crippen LogP contribution in [0.2, 0.25) is 0 Å². The highest BCUT2D eigenvalue weighted by Gasteiger charge is 2.33. The van der Waals surface area contributed by atoms with Crippen molar-refractivity contribution in [2.75, 3.05) is 6.54 Å². The van der Waals surface area contributed by atoms with Crippen molar-refractivity contribution in [1.29, 1.82) is 0 Å². The molecular formula is C23H26N6O2. The molecule has 1 aromatic carbocycles. The Bertz CT molecular complexity index is 1190. The number of aliphatic imine (C=N–C) groups is 2. The highest BCUT2D eigenvalue weighted by atomic mass is 16.5. The Hall–Kier alpha value is -3.16. The topological polar surface area (TPSA) is 91.9 Å². The second kappa shape index (κ2) is 7.21. The monoisotopic (exact) mass is 418 g/mol. The van der Waals surface area contributed by atoms with E-state index in [1.54, 1.807) is 6.34 Å². The average Bonchev–Trinajstić information content (AvgIpc) is 3.40. The summed E-state index contributed by atoms with van der Waals surface area (Å²) in [5.74, 6) is 4.35. The van der Waals surface area contributed by atoms with Gasteiger partial charge in [-0.3, -0.25) is 10.1 Å². The molecule has 1 fully saturated rings. The van der Waals surface area contributed by atoms with E-state index in [-0.39, 0.29) is 12.1 Å². The van der Waals surface area contributed by atoms with Gasteiger partial charge in [-0.1, -0.05) is 0 Å². The molecule has 8 nitrogen and oxygen atoms in total. The van der Waals surface area contributed by atoms with E-state index in [9.17, 15) is 0 Å². The molecule has 1 N–H and O–H groups in total. The number of amidine groups is 1. The van der Waals surface area contributed by atoms with E-state index < -0.39 is 0 Å². The maximum Gasteiger partial charge on any atom is 0.197 e. The Morgan fingerprint density at radius 2 is 2.16 bits per heavy atom. The molecule has 0 spiro atoms. The largest absolute Gasteiger partial charge is 0.491 e. The zero-order chi connectivity index (χ0) is 20.9. The zero-order valence-electron chi connectivity index (χ0n) is 17.8. The summed E-state index contributed by atoms with van der Waals surface area (Å²) < 4.78 is 12.0. The van der Waals surface area contributed by atoms with E-state index in [0.717, 1.165) is 71.5 Å². The van der Waals surface area contributed by atoms with Crippen molar-refractivity contribution < 1.29 is 9.15 Å². The van der Waals surface area contributed by atoms with Gasteiger partial charge in [0.1, 0.15) is 29.7 Å². The molecule has 2 aromatic heterocycles. The summed E-state index contributed by atoms with van der Waals surface area (Å²) >= 11 is 0. The molecule has 160 valence electrons. The smallest absolute Gasteiger partial charge is 0.197 e. The second-order valence-corrected chi connectivity index (χ2v) is 8.88. The zero-order valence-corrected chi connectivity index (χ0v) is 17.8. The highest BCUT2D eigenvalue weighted by Crippen LogP contribution is 2.41. The Labute approximate surface area is 180 Å². The molecule has 0 bridgehead atoms. The van der Waals surface area contributed by atoms with Crippen LogP contribution in [0.3, 0.4) is 0 Å². The molecule has 6 rings (SSSR count). The van der Waals surface area contributed by atoms with E-state index in [2.05, 4.69) is 31.1 Å². The number of hydrogen-bond acceptors (Lipinski definition) is 7. The van der Waals surface area contributed by atoms with Crippen molar-refractivity contribution >= 4 is 23.1 Å². The van der Waals surface area contributed by atoms with Gasteiger partial charge in [-0.15, -0.1) is 0 Å². The molecule has 8 heteroatoms. The molecule has 1 saturated carbocycles. The summed E-state index contributed by atoms with van der Waals surface area (Å²) in [7, 11) is 0. The first kappa shape index (κ1) is 18.6. The van der Waals surface area contributed by atoms with Crippen LogP contribution >= 0.6 is 0 Å². The van der Waals surface area contributed by atoms with Crippen LogP contribution in [-0.2, 0) is 13.0 Å². The second-order valence-electron chi connectivity index (χ2n) is 8.88. The fourth-order valence-corrected chi connectivity index (χ4v) is 4.40. The van der Waals surface area contributed by atoms with Gasteiger partial charge in [0.15, 0.2) is 5.89 Å². The number of oxazole rings is 1. The summed E-state index contributed by atoms with van der Waals surface area (Å²) in [4.78, 5) is 16.3. The first-order chi connectivity index (χ1) is 15.1. The number of ether oxygens (including phenoxy) is 1. The average molecular weight is 419 g/mol. The fourth-order valence-electron chi connectivity index (χ4n) is 4.40. The van der Waals surface area contributed by atoms with Crippen molar-refractivity contribution in [2.45, 2.75) is 64.1 Å². The highest BCUT2D eigenvalue weighted by molar-refractivity contribution is 5.92. The fraction of sp³-hybridized carbons (Fsp3) is 0.478. The predicted molar refractivity (Wildman–Crippen MR) is 118 cm³/mol. The van der Waals surface area contributed by atoms with Crippen molar-refractivity contribution in [3.8, 4) is 5.75 Å². The van der Waals surface area contributed by atoms with Crippen molar-refractivity contribution in [1.82, 2.24) is 20.1 Å². The molecule has 1 aliphatic carbocycles. The molecule has 4 heterocycles. The minimum Gasteiger partial charge on any atom is -0.491 e. The van der Waals surface area contributed by atoms with Gasteiger partial charge in [0.05, 0.1) is 29.6 Å². The van der Waals surface area contributed by atoms with Gasteiger partial charge in [-0.2, -0.15) is 5.10 Å². The van der Waals surface area contributed by atoms with Crippen molar-refractivity contribution in [3.63, 3.8) is 0 Å². The number of nitrogens with one attached hydrogen (secondary N) is 1. The van der Waals surface area contributed by atoms with E-state index >= 15 is 0 Å². The van der Waals surface area contributed by atoms with Gasteiger partial charge in [-0.05, 0) is 44.9 Å². The van der Waals surface area contributed by atoms with Crippen LogP contribution in [0.1, 0.15) is 68.1 Å². The maximum atomic E-state index is 6.08. The van der Waals surface area contributed by atoms with Crippen LogP contribution in [0.4, 0.5) is 0 Å². The molecule has 0 saturated heterocycles. The number of aromatic amines is 1. The Balaban J connectivity index is 1.22. The lowest BCUT2D eigenvalue weighted by Gasteiger charge is -2.30. The first-order valence-corrected chi connectivity index (χ1v) is 11.1. The quantitative estimate of drug-likeness (QED) is 0.687. The number of aromatic nitrogens is 3. The normalized spacial score (nSPS) is 20.9. The molecule has 3 aromatic rings. The summed E-state index contributed by atoms with van der Waals surface area (Å²) in [6, 6.07) is 5.95. The number of benzene rings is 1. The SMILES string of the molecule is CC(C)Oc1ccc2n[nH]c(C3CC(N4CCc5nc(C6CC6)oc5C4)=NC=N3)c2c1. The van der Waals surface area contributed by atoms with Crippen LogP contribution in [0, 0.1) is 0 Å². The molecule has 31 heavy (non-hydrogen) atoms. The first-order valence-electron chi connectivity index (χ1n) is 11.1. The lowest BCUT2D eigenvalue weighted by atomic mass is 10.0. The van der Waals surface area contributed by atoms with E-state index in [1.807, 2.05) is 26.0 Å². The Morgan fingerprint density at radius 3 is 3.00 bits per heavy atom. The molecule has 1 unspecified atom stereocenters. The van der Waals surface area contributed by atoms with E-state index in [0.29, 0.717) is 5.92 Å². The van der Waals surface area contributed by atoms with Crippen LogP contribution in [0.15, 0.2) is 32.6 Å². The molecule has 2 aliphatic heterocycles. The van der Waals surface area contributed by atoms with Gasteiger partial charge in [0, 0.05) is 30.7 Å². The molecule has 0 radical (unpaired) electrons. The van der Waals surface area contributed by atoms with E-state index in [1.165, 1.54) is 12.8 Å². The molecular weight excluding hydrogens is 392 g/mol. The standard InChI is InChI=1S/C23H26N6O2/c1-13(2)30-15-5-6-17-16(9-15)22(28-27-17)19-10-21(25-12-24-19)29-8-7-18-20(11-29)31-23(26-18)14-3-4-14/h5-6,9,12-14,19H,3-4,7-8,10-11H2,1-2H3,(H,27,28). The predicted octanol–water partition coefficient (Wildman–Crippen LogP) is 4.15. The van der Waals surface area contributed by atoms with Gasteiger partial charge in [0.2, 0.25) is 0 Å². The van der Waals surface area contributed by atoms with Gasteiger partial charge < -0.3 is 14.1 Å². The number of H-pyrrole nitrogens is 1. The summed E-state index contributed by atoms with van der Waals surface area (Å²) in [6.07, 6.45) is 5.83. The third kappa shape index (κ3) is 3.49. The number of hydrogen-bond donors (Lipinski definition) is 1. The molecule has 0 amide bonds. The Kier molecular flexibility index (Phi) is 4.33. The van der Waals surface area contributed by atoms with Gasteiger partial charge in [-0.25, -0.2) is 9.98 Å². The summed E-state index contributed by atoms with van der Waals surface area (Å²) in [5.41, 5.74) is 3.04. The lowest BCUT2D eigenvalue weighted by Crippen LogP contribution is -2.37. The minimum absolute atomic E-state index is 0.0510. The van der Waals surface area contributed by atoms with Gasteiger partial charge in [0.25, 0.3) is 0 Å². The van der Waals surface area contributed by atoms with Crippen molar-refractivity contribution in [3.05, 3.63) is 41.2 Å². The van der Waals surface area contributed by atoms with Crippen LogP contribution in [0.5, 0.6) is 5.75 Å². The lowest BCUT2D eigenvalue weighted by molar-refractivity contribution is 0.243. The Morgan fingerprint density at radius 1 is 1.26 bits per heavy atom. The maximum absolute atomic E-state index is 6.08. The summed E-state index contributed by atoms with van der Waals surface area (Å²) in [6.45, 7) is 5.69. The summed E-state index contributed by atoms with van der Waals surface area (Å²) in [5, 5.41) is 8.73. The third-order valence-electron chi connectivity index (χ3n) is 6.13. The number of fused-ring (bicyclic) bond motifs is 2. The van der Waals surface area contributed by atoms with Crippen LogP contribution < -0.4 is 4.74 Å². The third-order valence-corrected chi connectivity index (χ3v) is 6.13. The van der Waals surface area contributed by atoms with E-state index in [4.69, 9.17) is 14.1 Å². The minimum atomic E-state index is -0.0510. The number of rotatable bonds is 4. The number of nitrogens with zero attached hydrogens (tertiary/aromatic N) is 5. The van der Waals surface area contributed by atoms with Gasteiger partial charge >= 0.3 is 0 Å². The molecule has 1 atom stereocenters.